The molecule has 0 aliphatic heterocycles. The van der Waals surface area contributed by atoms with Crippen LogP contribution in [0, 0.1) is 0 Å². The lowest BCUT2D eigenvalue weighted by molar-refractivity contribution is -0.268. The molecule has 0 saturated carbocycles. The van der Waals surface area contributed by atoms with Gasteiger partial charge >= 0.3 is 7.87 Å². The number of rotatable bonds is 18. The molecule has 0 aliphatic rings. The third-order valence-electron chi connectivity index (χ3n) is 17.7. The van der Waals surface area contributed by atoms with Gasteiger partial charge < -0.3 is 10.2 Å². The maximum Gasteiger partial charge on any atom is 0.490 e. The van der Waals surface area contributed by atoms with E-state index in [1.54, 1.807) is 24.3 Å². The van der Waals surface area contributed by atoms with E-state index in [1.807, 2.05) is 24.3 Å². The minimum Gasteiger partial charge on any atom is -0.872 e. The average molecular weight is 1360 g/mol. The van der Waals surface area contributed by atoms with Crippen LogP contribution in [-0.4, -0.2) is 5.11 Å². The molecule has 0 spiro atoms. The molecule has 14 aromatic rings. The van der Waals surface area contributed by atoms with Gasteiger partial charge in [-0.05, 0) is 23.3 Å². The Labute approximate surface area is 578 Å². The Balaban J connectivity index is 0.000000443. The van der Waals surface area contributed by atoms with Crippen LogP contribution >= 0.6 is 36.1 Å². The van der Waals surface area contributed by atoms with Crippen molar-refractivity contribution in [3.05, 3.63) is 424 Å². The maximum absolute atomic E-state index is 11.1. The molecule has 0 atom stereocenters. The Hall–Kier alpha value is -9.97. The number of nitrogens with zero attached hydrogens (tertiary/aromatic N) is 4. The number of hydrogen-bond donors (Lipinski definition) is 1. The van der Waals surface area contributed by atoms with Gasteiger partial charge in [0.15, 0.2) is 0 Å². The number of phenolic OH excluding ortho intramolecular Hbond substituents is 1. The van der Waals surface area contributed by atoms with Gasteiger partial charge in [0.2, 0.25) is 0 Å². The molecule has 1 N–H and O–H groups in total. The number of hydrogen-bond acceptors (Lipinski definition) is 6. The Morgan fingerprint density at radius 3 is 0.520 bits per heavy atom. The highest BCUT2D eigenvalue weighted by atomic mass is 31.3. The minimum absolute atomic E-state index is 0.0234. The lowest BCUT2D eigenvalue weighted by Gasteiger charge is -2.33. The first-order valence-electron chi connectivity index (χ1n) is 32.8. The van der Waals surface area contributed by atoms with Crippen molar-refractivity contribution >= 4 is 99.7 Å². The average Bonchev–Trinajstić information content (AvgIpc) is 0.703. The highest BCUT2D eigenvalue weighted by Crippen LogP contribution is 2.83. The molecule has 0 aromatic heterocycles. The van der Waals surface area contributed by atoms with Gasteiger partial charge in [-0.15, -0.1) is 5.75 Å². The molecular formula is C87H75N4O2P5. The summed E-state index contributed by atoms with van der Waals surface area (Å²) in [6.07, 6.45) is 0. The monoisotopic (exact) mass is 1360 g/mol. The zero-order valence-corrected chi connectivity index (χ0v) is 59.1. The molecule has 98 heavy (non-hydrogen) atoms. The highest BCUT2D eigenvalue weighted by Gasteiger charge is 2.54. The van der Waals surface area contributed by atoms with Crippen molar-refractivity contribution in [1.29, 1.82) is 0 Å². The number of aromatic hydroxyl groups is 1. The summed E-state index contributed by atoms with van der Waals surface area (Å²) in [5.74, 6) is 0.287. The maximum atomic E-state index is 11.1. The lowest BCUT2D eigenvalue weighted by Crippen LogP contribution is -2.28. The van der Waals surface area contributed by atoms with Gasteiger partial charge in [0.05, 0.1) is 0 Å². The Bertz CT molecular complexity index is 4090. The molecule has 0 fully saturated rings. The molecule has 0 aliphatic carbocycles. The van der Waals surface area contributed by atoms with E-state index in [2.05, 4.69) is 378 Å². The van der Waals surface area contributed by atoms with E-state index >= 15 is 0 Å². The van der Waals surface area contributed by atoms with Crippen LogP contribution in [0.4, 0.5) is 0 Å². The van der Waals surface area contributed by atoms with Crippen molar-refractivity contribution in [2.75, 3.05) is 0 Å². The van der Waals surface area contributed by atoms with Crippen LogP contribution in [0.25, 0.3) is 0 Å². The van der Waals surface area contributed by atoms with Crippen LogP contribution in [0.2, 0.25) is 0 Å². The summed E-state index contributed by atoms with van der Waals surface area (Å²) in [5.41, 5.74) is 2.01. The molecule has 0 amide bonds. The van der Waals surface area contributed by atoms with Crippen LogP contribution in [0.1, 0.15) is 25.0 Å². The van der Waals surface area contributed by atoms with Crippen molar-refractivity contribution in [3.63, 3.8) is 0 Å². The molecule has 0 heterocycles. The molecule has 0 radical (unpaired) electrons. The smallest absolute Gasteiger partial charge is 0.490 e. The summed E-state index contributed by atoms with van der Waals surface area (Å²) < 4.78 is 28.6. The zero-order chi connectivity index (χ0) is 67.1. The second-order valence-electron chi connectivity index (χ2n) is 24.2. The summed E-state index contributed by atoms with van der Waals surface area (Å²) in [7, 11) is -17.5. The molecule has 0 saturated heterocycles. The molecule has 14 aromatic carbocycles. The van der Waals surface area contributed by atoms with E-state index in [9.17, 15) is 10.2 Å². The van der Waals surface area contributed by atoms with Gasteiger partial charge in [0, 0.05) is 69.1 Å². The van der Waals surface area contributed by atoms with Gasteiger partial charge in [-0.3, -0.25) is 0 Å². The Kier molecular flexibility index (Phi) is 20.5. The van der Waals surface area contributed by atoms with Gasteiger partial charge in [-0.2, -0.15) is 0 Å². The number of phenols is 1. The predicted molar refractivity (Wildman–Crippen MR) is 423 cm³/mol. The third-order valence-corrected chi connectivity index (χ3v) is 38.4. The third kappa shape index (κ3) is 13.6. The molecule has 0 unspecified atom stereocenters. The van der Waals surface area contributed by atoms with Crippen LogP contribution < -0.4 is 68.8 Å². The highest BCUT2D eigenvalue weighted by molar-refractivity contribution is 8.02. The first-order chi connectivity index (χ1) is 48.1. The summed E-state index contributed by atoms with van der Waals surface area (Å²) in [4.78, 5) is 0. The summed E-state index contributed by atoms with van der Waals surface area (Å²) in [6.45, 7) is 4.19. The zero-order valence-electron chi connectivity index (χ0n) is 54.6. The Morgan fingerprint density at radius 1 is 0.224 bits per heavy atom. The fourth-order valence-electron chi connectivity index (χ4n) is 12.9. The minimum atomic E-state index is -4.27. The molecular weight excluding hydrogens is 1290 g/mol. The van der Waals surface area contributed by atoms with Gasteiger partial charge in [0.1, 0.15) is 34.0 Å². The molecule has 11 heteroatoms. The number of benzene rings is 14. The van der Waals surface area contributed by atoms with Gasteiger partial charge in [0.25, 0.3) is 0 Å². The van der Waals surface area contributed by atoms with E-state index in [0.717, 1.165) is 74.8 Å². The predicted octanol–water partition coefficient (Wildman–Crippen LogP) is 18.2. The van der Waals surface area contributed by atoms with Crippen LogP contribution in [-0.2, 0) is 5.41 Å². The molecule has 0 bridgehead atoms. The fourth-order valence-corrected chi connectivity index (χ4v) is 37.2. The normalized spacial score (nSPS) is 11.9. The summed E-state index contributed by atoms with van der Waals surface area (Å²) >= 11 is 0. The second kappa shape index (κ2) is 30.2. The SMILES string of the molecule is CC(C)(c1ccc([O-])cc1)c1ccc(O)cc1.c1ccc(P(=N[P+](N=P(c2ccccc2)(c2ccccc2)c2ccccc2)(N=P(c2ccccc2)(c2ccccc2)c2ccccc2)N=P(c2ccccc2)(c2ccccc2)c2ccccc2)(c2ccccc2)c2ccccc2)cc1. The quantitative estimate of drug-likeness (QED) is 0.0867. The first-order valence-corrected chi connectivity index (χ1v) is 41.3. The summed E-state index contributed by atoms with van der Waals surface area (Å²) in [6, 6.07) is 146. The first kappa shape index (κ1) is 66.6. The van der Waals surface area contributed by atoms with E-state index in [4.69, 9.17) is 18.1 Å². The fraction of sp³-hybridized carbons (Fsp3) is 0.0345. The van der Waals surface area contributed by atoms with E-state index < -0.39 is 36.1 Å². The molecule has 480 valence electrons. The Morgan fingerprint density at radius 2 is 0.367 bits per heavy atom. The van der Waals surface area contributed by atoms with Crippen LogP contribution in [0.3, 0.4) is 0 Å². The van der Waals surface area contributed by atoms with E-state index in [1.165, 1.54) is 0 Å². The van der Waals surface area contributed by atoms with E-state index in [0.29, 0.717) is 0 Å². The topological polar surface area (TPSA) is 92.7 Å². The van der Waals surface area contributed by atoms with Crippen molar-refractivity contribution in [2.24, 2.45) is 18.1 Å². The van der Waals surface area contributed by atoms with Gasteiger partial charge in [-0.25, -0.2) is 0 Å². The molecule has 14 rings (SSSR count). The van der Waals surface area contributed by atoms with Crippen LogP contribution in [0.5, 0.6) is 11.5 Å². The van der Waals surface area contributed by atoms with Crippen molar-refractivity contribution in [1.82, 2.24) is 0 Å². The van der Waals surface area contributed by atoms with Crippen molar-refractivity contribution in [3.8, 4) is 11.5 Å². The largest absolute Gasteiger partial charge is 0.872 e. The summed E-state index contributed by atoms with van der Waals surface area (Å²) in [5, 5.41) is 33.4. The van der Waals surface area contributed by atoms with Crippen molar-refractivity contribution < 1.29 is 10.2 Å². The van der Waals surface area contributed by atoms with Crippen molar-refractivity contribution in [2.45, 2.75) is 19.3 Å². The van der Waals surface area contributed by atoms with Crippen LogP contribution in [0.15, 0.2) is 431 Å². The second-order valence-corrected chi connectivity index (χ2v) is 39.4. The van der Waals surface area contributed by atoms with E-state index in [-0.39, 0.29) is 16.9 Å². The van der Waals surface area contributed by atoms with Gasteiger partial charge in [-0.1, -0.05) is 432 Å². The standard InChI is InChI=1S/C72H60N4P5.C15H16O2/c1-13-37-61(38-14-1)77(62-39-15-2-16-40-62,63-41-17-3-18-42-63)73-81(74-78(64-43-19-4-20-44-64,65-45-21-5-22-46-65)66-47-23-6-24-48-66,75-79(67-49-25-7-26-50-67,68-51-27-8-28-52-68)69-53-29-9-30-54-69)76-80(70-55-31-10-32-56-70,71-57-33-11-34-58-71)72-59-35-12-36-60-72;1-15(2,11-3-7-13(16)8-4-11)12-5-9-14(17)10-6-12/h1-60H;3-10,16-17H,1-2H3/q+1;/p-1. The molecule has 6 nitrogen and oxygen atoms in total. The lowest BCUT2D eigenvalue weighted by atomic mass is 9.78.